The van der Waals surface area contributed by atoms with Crippen molar-refractivity contribution in [3.63, 3.8) is 0 Å². The molecule has 0 aromatic carbocycles. The first kappa shape index (κ1) is 10.1. The Morgan fingerprint density at radius 1 is 1.38 bits per heavy atom. The summed E-state index contributed by atoms with van der Waals surface area (Å²) in [7, 11) is 1.88. The molecule has 0 saturated carbocycles. The molecule has 0 aliphatic rings. The molecule has 1 N–H and O–H groups in total. The Bertz CT molecular complexity index is 507. The van der Waals surface area contributed by atoms with Crippen LogP contribution in [-0.4, -0.2) is 20.0 Å². The van der Waals surface area contributed by atoms with Crippen LogP contribution >= 0.6 is 0 Å². The standard InChI is InChI=1S/C10H10N6/c1-16-9(4-5-13-16)7-12-10-3-2-8(6-11)14-15-10/h2-5H,7H2,1H3,(H,12,15). The number of anilines is 1. The van der Waals surface area contributed by atoms with E-state index >= 15 is 0 Å². The fraction of sp³-hybridized carbons (Fsp3) is 0.200. The van der Waals surface area contributed by atoms with Gasteiger partial charge < -0.3 is 5.32 Å². The monoisotopic (exact) mass is 214 g/mol. The van der Waals surface area contributed by atoms with E-state index in [-0.39, 0.29) is 0 Å². The summed E-state index contributed by atoms with van der Waals surface area (Å²) in [6.45, 7) is 0.622. The summed E-state index contributed by atoms with van der Waals surface area (Å²) in [6, 6.07) is 7.19. The molecule has 0 spiro atoms. The molecule has 0 bridgehead atoms. The number of nitrogens with zero attached hydrogens (tertiary/aromatic N) is 5. The highest BCUT2D eigenvalue weighted by atomic mass is 15.3. The number of hydrogen-bond acceptors (Lipinski definition) is 5. The third-order valence-corrected chi connectivity index (χ3v) is 2.15. The lowest BCUT2D eigenvalue weighted by molar-refractivity contribution is 0.719. The quantitative estimate of drug-likeness (QED) is 0.813. The summed E-state index contributed by atoms with van der Waals surface area (Å²) in [6.07, 6.45) is 1.74. The fourth-order valence-electron chi connectivity index (χ4n) is 1.24. The smallest absolute Gasteiger partial charge is 0.163 e. The molecular weight excluding hydrogens is 204 g/mol. The van der Waals surface area contributed by atoms with Crippen molar-refractivity contribution in [2.75, 3.05) is 5.32 Å². The molecule has 0 saturated heterocycles. The van der Waals surface area contributed by atoms with Crippen molar-refractivity contribution >= 4 is 5.82 Å². The van der Waals surface area contributed by atoms with Gasteiger partial charge in [-0.25, -0.2) is 0 Å². The van der Waals surface area contributed by atoms with Crippen LogP contribution in [0.25, 0.3) is 0 Å². The van der Waals surface area contributed by atoms with Gasteiger partial charge in [-0.15, -0.1) is 10.2 Å². The van der Waals surface area contributed by atoms with Crippen LogP contribution in [0.4, 0.5) is 5.82 Å². The Kier molecular flexibility index (Phi) is 2.78. The third kappa shape index (κ3) is 2.15. The molecule has 2 rings (SSSR count). The number of nitrogens with one attached hydrogen (secondary N) is 1. The van der Waals surface area contributed by atoms with E-state index in [1.165, 1.54) is 0 Å². The lowest BCUT2D eigenvalue weighted by Crippen LogP contribution is -2.07. The van der Waals surface area contributed by atoms with E-state index < -0.39 is 0 Å². The molecule has 80 valence electrons. The first-order valence-electron chi connectivity index (χ1n) is 4.74. The summed E-state index contributed by atoms with van der Waals surface area (Å²) >= 11 is 0. The third-order valence-electron chi connectivity index (χ3n) is 2.15. The van der Waals surface area contributed by atoms with E-state index in [1.807, 2.05) is 19.2 Å². The molecule has 0 atom stereocenters. The molecule has 0 fully saturated rings. The van der Waals surface area contributed by atoms with E-state index in [1.54, 1.807) is 23.0 Å². The Hall–Kier alpha value is -2.42. The van der Waals surface area contributed by atoms with Gasteiger partial charge in [-0.2, -0.15) is 10.4 Å². The maximum Gasteiger partial charge on any atom is 0.163 e. The Labute approximate surface area is 92.5 Å². The predicted molar refractivity (Wildman–Crippen MR) is 57.3 cm³/mol. The van der Waals surface area contributed by atoms with Gasteiger partial charge in [0.1, 0.15) is 11.9 Å². The molecule has 6 heteroatoms. The lowest BCUT2D eigenvalue weighted by Gasteiger charge is -2.04. The van der Waals surface area contributed by atoms with Gasteiger partial charge in [0.25, 0.3) is 0 Å². The maximum atomic E-state index is 8.56. The molecular formula is C10H10N6. The largest absolute Gasteiger partial charge is 0.363 e. The molecule has 2 aromatic rings. The summed E-state index contributed by atoms with van der Waals surface area (Å²) in [5.74, 6) is 0.639. The van der Waals surface area contributed by atoms with Gasteiger partial charge >= 0.3 is 0 Å². The lowest BCUT2D eigenvalue weighted by atomic mass is 10.4. The Morgan fingerprint density at radius 2 is 2.25 bits per heavy atom. The van der Waals surface area contributed by atoms with Gasteiger partial charge in [0.15, 0.2) is 5.69 Å². The van der Waals surface area contributed by atoms with Crippen LogP contribution in [0, 0.1) is 11.3 Å². The summed E-state index contributed by atoms with van der Waals surface area (Å²) in [5, 5.41) is 23.3. The van der Waals surface area contributed by atoms with Crippen molar-refractivity contribution in [3.8, 4) is 6.07 Å². The van der Waals surface area contributed by atoms with Crippen molar-refractivity contribution in [2.45, 2.75) is 6.54 Å². The number of aromatic nitrogens is 4. The fourth-order valence-corrected chi connectivity index (χ4v) is 1.24. The number of nitriles is 1. The topological polar surface area (TPSA) is 79.4 Å². The summed E-state index contributed by atoms with van der Waals surface area (Å²) < 4.78 is 1.78. The first-order chi connectivity index (χ1) is 7.79. The van der Waals surface area contributed by atoms with Gasteiger partial charge in [0.05, 0.1) is 12.2 Å². The second-order valence-corrected chi connectivity index (χ2v) is 3.22. The van der Waals surface area contributed by atoms with Gasteiger partial charge in [-0.3, -0.25) is 4.68 Å². The minimum absolute atomic E-state index is 0.311. The highest BCUT2D eigenvalue weighted by Crippen LogP contribution is 2.04. The van der Waals surface area contributed by atoms with E-state index in [0.717, 1.165) is 5.69 Å². The molecule has 0 aliphatic heterocycles. The molecule has 0 amide bonds. The van der Waals surface area contributed by atoms with E-state index in [2.05, 4.69) is 20.6 Å². The highest BCUT2D eigenvalue weighted by molar-refractivity contribution is 5.35. The van der Waals surface area contributed by atoms with E-state index in [4.69, 9.17) is 5.26 Å². The Balaban J connectivity index is 2.00. The number of aryl methyl sites for hydroxylation is 1. The molecule has 0 radical (unpaired) electrons. The van der Waals surface area contributed by atoms with Gasteiger partial charge in [-0.05, 0) is 18.2 Å². The van der Waals surface area contributed by atoms with Crippen LogP contribution in [0.1, 0.15) is 11.4 Å². The van der Waals surface area contributed by atoms with Gasteiger partial charge in [-0.1, -0.05) is 0 Å². The SMILES string of the molecule is Cn1nccc1CNc1ccc(C#N)nn1. The molecule has 2 heterocycles. The second kappa shape index (κ2) is 4.40. The average molecular weight is 214 g/mol. The van der Waals surface area contributed by atoms with Crippen LogP contribution in [0.15, 0.2) is 24.4 Å². The maximum absolute atomic E-state index is 8.56. The highest BCUT2D eigenvalue weighted by Gasteiger charge is 1.99. The second-order valence-electron chi connectivity index (χ2n) is 3.22. The van der Waals surface area contributed by atoms with Crippen LogP contribution in [0.2, 0.25) is 0 Å². The molecule has 2 aromatic heterocycles. The molecule has 16 heavy (non-hydrogen) atoms. The van der Waals surface area contributed by atoms with Crippen molar-refractivity contribution in [2.24, 2.45) is 7.05 Å². The van der Waals surface area contributed by atoms with Crippen LogP contribution in [0.5, 0.6) is 0 Å². The first-order valence-corrected chi connectivity index (χ1v) is 4.74. The number of hydrogen-bond donors (Lipinski definition) is 1. The zero-order chi connectivity index (χ0) is 11.4. The predicted octanol–water partition coefficient (Wildman–Crippen LogP) is 0.694. The summed E-state index contributed by atoms with van der Waals surface area (Å²) in [4.78, 5) is 0. The average Bonchev–Trinajstić information content (AvgIpc) is 2.73. The molecule has 0 unspecified atom stereocenters. The van der Waals surface area contributed by atoms with Crippen molar-refractivity contribution in [1.29, 1.82) is 5.26 Å². The minimum atomic E-state index is 0.311. The van der Waals surface area contributed by atoms with E-state index in [0.29, 0.717) is 18.1 Å². The van der Waals surface area contributed by atoms with Crippen molar-refractivity contribution in [1.82, 2.24) is 20.0 Å². The van der Waals surface area contributed by atoms with Crippen LogP contribution in [0.3, 0.4) is 0 Å². The van der Waals surface area contributed by atoms with Crippen molar-refractivity contribution < 1.29 is 0 Å². The number of rotatable bonds is 3. The van der Waals surface area contributed by atoms with Gasteiger partial charge in [0.2, 0.25) is 0 Å². The minimum Gasteiger partial charge on any atom is -0.363 e. The Morgan fingerprint density at radius 3 is 2.81 bits per heavy atom. The zero-order valence-electron chi connectivity index (χ0n) is 8.75. The van der Waals surface area contributed by atoms with Gasteiger partial charge in [0, 0.05) is 13.2 Å². The van der Waals surface area contributed by atoms with Crippen LogP contribution in [-0.2, 0) is 13.6 Å². The normalized spacial score (nSPS) is 9.75. The zero-order valence-corrected chi connectivity index (χ0v) is 8.75. The molecule has 0 aliphatic carbocycles. The molecule has 6 nitrogen and oxygen atoms in total. The van der Waals surface area contributed by atoms with Crippen LogP contribution < -0.4 is 5.32 Å². The van der Waals surface area contributed by atoms with Crippen molar-refractivity contribution in [3.05, 3.63) is 35.8 Å². The van der Waals surface area contributed by atoms with E-state index in [9.17, 15) is 0 Å². The summed E-state index contributed by atoms with van der Waals surface area (Å²) in [5.41, 5.74) is 1.36.